The molecule has 0 bridgehead atoms. The fourth-order valence-electron chi connectivity index (χ4n) is 4.07. The highest BCUT2D eigenvalue weighted by atomic mass is 16.7. The highest BCUT2D eigenvalue weighted by molar-refractivity contribution is 5.80. The van der Waals surface area contributed by atoms with Crippen LogP contribution in [0.1, 0.15) is 18.1 Å². The van der Waals surface area contributed by atoms with E-state index in [1.165, 1.54) is 0 Å². The molecule has 1 heterocycles. The second kappa shape index (κ2) is 10.9. The molecule has 36 heavy (non-hydrogen) atoms. The third-order valence-electron chi connectivity index (χ3n) is 5.92. The summed E-state index contributed by atoms with van der Waals surface area (Å²) in [6.45, 7) is 5.03. The molecule has 5 rings (SSSR count). The molecule has 4 aromatic carbocycles. The van der Waals surface area contributed by atoms with Crippen molar-refractivity contribution in [3.63, 3.8) is 0 Å². The summed E-state index contributed by atoms with van der Waals surface area (Å²) in [5, 5.41) is 1.68. The Hall–Kier alpha value is -4.35. The minimum absolute atomic E-state index is 0.350. The van der Waals surface area contributed by atoms with E-state index in [4.69, 9.17) is 14.6 Å². The normalized spacial score (nSPS) is 15.7. The Bertz CT molecular complexity index is 1310. The third kappa shape index (κ3) is 5.32. The van der Waals surface area contributed by atoms with E-state index in [0.717, 1.165) is 33.9 Å². The summed E-state index contributed by atoms with van der Waals surface area (Å²) in [6, 6.07) is 37.6. The largest absolute Gasteiger partial charge is 0.426 e. The van der Waals surface area contributed by atoms with Gasteiger partial charge in [-0.1, -0.05) is 66.7 Å². The second-order valence-corrected chi connectivity index (χ2v) is 8.46. The number of amidine groups is 1. The van der Waals surface area contributed by atoms with Gasteiger partial charge in [0.05, 0.1) is 5.69 Å². The van der Waals surface area contributed by atoms with Gasteiger partial charge in [0.1, 0.15) is 12.4 Å². The van der Waals surface area contributed by atoms with Crippen molar-refractivity contribution in [3.8, 4) is 0 Å². The molecular formula is C31H29N3O2. The molecule has 0 aliphatic carbocycles. The Morgan fingerprint density at radius 2 is 1.36 bits per heavy atom. The lowest BCUT2D eigenvalue weighted by Crippen LogP contribution is -2.38. The molecule has 5 heteroatoms. The van der Waals surface area contributed by atoms with Crippen LogP contribution in [0.25, 0.3) is 6.08 Å². The number of para-hydroxylation sites is 3. The van der Waals surface area contributed by atoms with Crippen LogP contribution in [0.2, 0.25) is 0 Å². The fourth-order valence-corrected chi connectivity index (χ4v) is 4.07. The molecule has 4 aromatic rings. The lowest BCUT2D eigenvalue weighted by atomic mass is 10.1. The molecule has 1 saturated heterocycles. The van der Waals surface area contributed by atoms with Gasteiger partial charge in [0.2, 0.25) is 0 Å². The molecule has 1 fully saturated rings. The Morgan fingerprint density at radius 1 is 0.778 bits per heavy atom. The van der Waals surface area contributed by atoms with Gasteiger partial charge < -0.3 is 9.64 Å². The van der Waals surface area contributed by atoms with Crippen molar-refractivity contribution in [2.24, 2.45) is 4.99 Å². The van der Waals surface area contributed by atoms with Crippen LogP contribution in [0.15, 0.2) is 120 Å². The van der Waals surface area contributed by atoms with E-state index >= 15 is 0 Å². The van der Waals surface area contributed by atoms with Gasteiger partial charge >= 0.3 is 6.02 Å². The maximum atomic E-state index is 6.17. The summed E-state index contributed by atoms with van der Waals surface area (Å²) in [4.78, 5) is 12.9. The molecule has 1 aliphatic rings. The molecule has 0 radical (unpaired) electrons. The predicted molar refractivity (Wildman–Crippen MR) is 147 cm³/mol. The summed E-state index contributed by atoms with van der Waals surface area (Å²) in [7, 11) is 0. The van der Waals surface area contributed by atoms with Gasteiger partial charge in [-0.05, 0) is 73.5 Å². The Kier molecular flexibility index (Phi) is 7.10. The van der Waals surface area contributed by atoms with Crippen LogP contribution in [0.3, 0.4) is 0 Å². The molecule has 1 aliphatic heterocycles. The summed E-state index contributed by atoms with van der Waals surface area (Å²) in [5.74, 6) is 0.711. The third-order valence-corrected chi connectivity index (χ3v) is 5.92. The standard InChI is InChI=1S/C31H29N3O2/c1-3-33-31(32-30-17-11-10-12-24(30)2)36-29(23-35-33)22-25-18-20-28(21-19-25)34(26-13-6-4-7-14-26)27-15-8-5-9-16-27/h4-22H,3,23H2,1-2H3/b29-22+,32-31+. The zero-order valence-electron chi connectivity index (χ0n) is 20.5. The van der Waals surface area contributed by atoms with E-state index in [2.05, 4.69) is 77.7 Å². The first-order valence-corrected chi connectivity index (χ1v) is 12.1. The van der Waals surface area contributed by atoms with Crippen molar-refractivity contribution in [3.05, 3.63) is 126 Å². The zero-order valence-corrected chi connectivity index (χ0v) is 20.5. The molecule has 180 valence electrons. The summed E-state index contributed by atoms with van der Waals surface area (Å²) < 4.78 is 6.17. The maximum absolute atomic E-state index is 6.17. The average Bonchev–Trinajstić information content (AvgIpc) is 2.93. The first-order valence-electron chi connectivity index (χ1n) is 12.1. The lowest BCUT2D eigenvalue weighted by molar-refractivity contribution is -0.130. The summed E-state index contributed by atoms with van der Waals surface area (Å²) >= 11 is 0. The smallest absolute Gasteiger partial charge is 0.322 e. The second-order valence-electron chi connectivity index (χ2n) is 8.46. The van der Waals surface area contributed by atoms with Crippen LogP contribution in [0, 0.1) is 6.92 Å². The van der Waals surface area contributed by atoms with Crippen LogP contribution in [-0.4, -0.2) is 24.2 Å². The quantitative estimate of drug-likeness (QED) is 0.285. The van der Waals surface area contributed by atoms with Crippen molar-refractivity contribution in [2.45, 2.75) is 13.8 Å². The van der Waals surface area contributed by atoms with Crippen molar-refractivity contribution >= 4 is 34.8 Å². The van der Waals surface area contributed by atoms with Crippen molar-refractivity contribution in [1.82, 2.24) is 5.06 Å². The molecule has 0 unspecified atom stereocenters. The van der Waals surface area contributed by atoms with Crippen LogP contribution >= 0.6 is 0 Å². The average molecular weight is 476 g/mol. The zero-order chi connectivity index (χ0) is 24.7. The van der Waals surface area contributed by atoms with Gasteiger partial charge in [0.15, 0.2) is 0 Å². The number of hydrogen-bond donors (Lipinski definition) is 0. The topological polar surface area (TPSA) is 37.3 Å². The van der Waals surface area contributed by atoms with Crippen molar-refractivity contribution in [2.75, 3.05) is 18.1 Å². The maximum Gasteiger partial charge on any atom is 0.322 e. The number of hydroxylamine groups is 2. The van der Waals surface area contributed by atoms with E-state index < -0.39 is 0 Å². The molecule has 0 N–H and O–H groups in total. The van der Waals surface area contributed by atoms with Crippen LogP contribution in [0.4, 0.5) is 22.7 Å². The Balaban J connectivity index is 1.41. The van der Waals surface area contributed by atoms with E-state index in [1.54, 1.807) is 5.06 Å². The van der Waals surface area contributed by atoms with Gasteiger partial charge in [0.25, 0.3) is 0 Å². The van der Waals surface area contributed by atoms with Gasteiger partial charge in [-0.15, -0.1) is 0 Å². The van der Waals surface area contributed by atoms with Crippen molar-refractivity contribution < 1.29 is 9.57 Å². The number of rotatable bonds is 6. The minimum Gasteiger partial charge on any atom is -0.426 e. The highest BCUT2D eigenvalue weighted by Gasteiger charge is 2.22. The van der Waals surface area contributed by atoms with Crippen molar-refractivity contribution in [1.29, 1.82) is 0 Å². The number of benzene rings is 4. The van der Waals surface area contributed by atoms with Crippen LogP contribution in [0.5, 0.6) is 0 Å². The molecule has 0 spiro atoms. The summed E-state index contributed by atoms with van der Waals surface area (Å²) in [6.07, 6.45) is 2.00. The molecule has 5 nitrogen and oxygen atoms in total. The van der Waals surface area contributed by atoms with E-state index in [-0.39, 0.29) is 0 Å². The van der Waals surface area contributed by atoms with E-state index in [1.807, 2.05) is 56.3 Å². The molecule has 0 amide bonds. The number of anilines is 3. The monoisotopic (exact) mass is 475 g/mol. The Morgan fingerprint density at radius 3 is 1.97 bits per heavy atom. The first-order chi connectivity index (χ1) is 17.7. The van der Waals surface area contributed by atoms with Crippen LogP contribution in [-0.2, 0) is 9.57 Å². The number of aliphatic imine (C=N–C) groups is 1. The Labute approximate surface area is 212 Å². The first kappa shape index (κ1) is 23.4. The van der Waals surface area contributed by atoms with Gasteiger partial charge in [-0.3, -0.25) is 4.84 Å². The van der Waals surface area contributed by atoms with Gasteiger partial charge in [0, 0.05) is 23.6 Å². The van der Waals surface area contributed by atoms with Gasteiger partial charge in [-0.2, -0.15) is 4.99 Å². The predicted octanol–water partition coefficient (Wildman–Crippen LogP) is 7.78. The lowest BCUT2D eigenvalue weighted by Gasteiger charge is -2.29. The molecule has 0 aromatic heterocycles. The highest BCUT2D eigenvalue weighted by Crippen LogP contribution is 2.34. The van der Waals surface area contributed by atoms with Gasteiger partial charge in [-0.25, -0.2) is 5.06 Å². The van der Waals surface area contributed by atoms with E-state index in [9.17, 15) is 0 Å². The SMILES string of the molecule is CCN1OC/C(=C\c2ccc(N(c3ccccc3)c3ccccc3)cc2)O/C1=N/c1ccccc1C. The number of nitrogens with zero attached hydrogens (tertiary/aromatic N) is 3. The van der Waals surface area contributed by atoms with E-state index in [0.29, 0.717) is 24.9 Å². The minimum atomic E-state index is 0.350. The number of hydrogen-bond acceptors (Lipinski definition) is 4. The summed E-state index contributed by atoms with van der Waals surface area (Å²) in [5.41, 5.74) is 6.26. The fraction of sp³-hybridized carbons (Fsp3) is 0.129. The van der Waals surface area contributed by atoms with Crippen LogP contribution < -0.4 is 4.90 Å². The number of aryl methyl sites for hydroxylation is 1. The molecule has 0 atom stereocenters. The number of ether oxygens (including phenoxy) is 1. The molecule has 0 saturated carbocycles. The molecular weight excluding hydrogens is 446 g/mol.